The first-order valence-corrected chi connectivity index (χ1v) is 15.5. The number of nitrogens with zero attached hydrogens (tertiary/aromatic N) is 4. The summed E-state index contributed by atoms with van der Waals surface area (Å²) in [6, 6.07) is -0.794. The summed E-state index contributed by atoms with van der Waals surface area (Å²) in [5, 5.41) is 9.30. The Kier molecular flexibility index (Phi) is 10.7. The Morgan fingerprint density at radius 2 is 1.71 bits per heavy atom. The minimum atomic E-state index is -1.04. The van der Waals surface area contributed by atoms with E-state index in [1.54, 1.807) is 26.9 Å². The van der Waals surface area contributed by atoms with Crippen LogP contribution < -0.4 is 0 Å². The largest absolute Gasteiger partial charge is 0.396 e. The molecule has 4 heterocycles. The van der Waals surface area contributed by atoms with Crippen LogP contribution in [0.2, 0.25) is 0 Å². The van der Waals surface area contributed by atoms with Gasteiger partial charge in [0.25, 0.3) is 0 Å². The lowest BCUT2D eigenvalue weighted by Gasteiger charge is -2.37. The summed E-state index contributed by atoms with van der Waals surface area (Å²) in [6.07, 6.45) is 7.49. The quantitative estimate of drug-likeness (QED) is 0.221. The second-order valence-electron chi connectivity index (χ2n) is 12.1. The molecule has 5 atom stereocenters. The predicted molar refractivity (Wildman–Crippen MR) is 156 cm³/mol. The molecule has 0 radical (unpaired) electrons. The number of likely N-dealkylation sites (tertiary alicyclic amines) is 1. The summed E-state index contributed by atoms with van der Waals surface area (Å²) in [5.41, 5.74) is -1.84. The van der Waals surface area contributed by atoms with E-state index in [0.717, 1.165) is 25.9 Å². The van der Waals surface area contributed by atoms with Gasteiger partial charge in [0.15, 0.2) is 0 Å². The molecule has 0 aromatic carbocycles. The van der Waals surface area contributed by atoms with Crippen LogP contribution >= 0.6 is 0 Å². The van der Waals surface area contributed by atoms with Crippen molar-refractivity contribution in [2.24, 2.45) is 11.8 Å². The lowest BCUT2D eigenvalue weighted by molar-refractivity contribution is -0.153. The van der Waals surface area contributed by atoms with Gasteiger partial charge in [0.2, 0.25) is 17.7 Å². The number of fused-ring (bicyclic) bond motifs is 1. The molecule has 2 unspecified atom stereocenters. The Morgan fingerprint density at radius 1 is 1.02 bits per heavy atom. The zero-order valence-electron chi connectivity index (χ0n) is 25.1. The van der Waals surface area contributed by atoms with Crippen LogP contribution in [0.15, 0.2) is 25.3 Å². The van der Waals surface area contributed by atoms with Gasteiger partial charge in [-0.05, 0) is 45.4 Å². The van der Waals surface area contributed by atoms with E-state index >= 15 is 0 Å². The van der Waals surface area contributed by atoms with Gasteiger partial charge in [-0.2, -0.15) is 0 Å². The van der Waals surface area contributed by atoms with Gasteiger partial charge in [-0.3, -0.25) is 19.3 Å². The van der Waals surface area contributed by atoms with E-state index in [1.807, 2.05) is 13.8 Å². The van der Waals surface area contributed by atoms with Crippen LogP contribution in [0.5, 0.6) is 0 Å². The number of hydrogen-bond acceptors (Lipinski definition) is 7. The molecule has 4 saturated heterocycles. The Labute approximate surface area is 245 Å². The minimum Gasteiger partial charge on any atom is -0.396 e. The lowest BCUT2D eigenvalue weighted by atomic mass is 9.66. The summed E-state index contributed by atoms with van der Waals surface area (Å²) < 4.78 is 12.3. The fourth-order valence-corrected chi connectivity index (χ4v) is 7.51. The molecule has 0 saturated carbocycles. The number of rotatable bonds is 16. The highest BCUT2D eigenvalue weighted by Gasteiger charge is 2.78. The van der Waals surface area contributed by atoms with Gasteiger partial charge < -0.3 is 29.3 Å². The maximum absolute atomic E-state index is 14.5. The molecular formula is C31H50N4O6. The van der Waals surface area contributed by atoms with Gasteiger partial charge in [-0.15, -0.1) is 13.2 Å². The maximum Gasteiger partial charge on any atom is 0.248 e. The number of aliphatic hydroxyl groups excluding tert-OH is 1. The minimum absolute atomic E-state index is 0.0854. The average Bonchev–Trinajstić information content (AvgIpc) is 3.53. The Hall–Kier alpha value is -2.27. The summed E-state index contributed by atoms with van der Waals surface area (Å²) in [5.74, 6) is -1.72. The van der Waals surface area contributed by atoms with Gasteiger partial charge in [0.1, 0.15) is 11.6 Å². The molecule has 0 aromatic heterocycles. The molecule has 0 aromatic rings. The van der Waals surface area contributed by atoms with Crippen LogP contribution in [0.1, 0.15) is 52.4 Å². The molecule has 41 heavy (non-hydrogen) atoms. The van der Waals surface area contributed by atoms with E-state index in [2.05, 4.69) is 18.1 Å². The van der Waals surface area contributed by atoms with Crippen LogP contribution in [0, 0.1) is 11.8 Å². The summed E-state index contributed by atoms with van der Waals surface area (Å²) in [4.78, 5) is 50.5. The molecule has 4 aliphatic heterocycles. The Bertz CT molecular complexity index is 970. The van der Waals surface area contributed by atoms with E-state index in [1.165, 1.54) is 0 Å². The summed E-state index contributed by atoms with van der Waals surface area (Å²) in [6.45, 7) is 17.8. The third-order valence-electron chi connectivity index (χ3n) is 9.44. The number of carbonyl (C=O) groups is 3. The van der Waals surface area contributed by atoms with Gasteiger partial charge in [0, 0.05) is 59.0 Å². The molecule has 3 amide bonds. The van der Waals surface area contributed by atoms with E-state index in [4.69, 9.17) is 9.47 Å². The SMILES string of the molecule is C=CCN(CCN1CCOCC1)C(=O)C1N(CCCCCO)C(=O)[C@@H]2[C@@H](C(=O)N(CC=C)CCC)[C@@]3(C)CCC12O3. The molecule has 0 aliphatic carbocycles. The van der Waals surface area contributed by atoms with Gasteiger partial charge in [0.05, 0.1) is 30.7 Å². The first-order valence-electron chi connectivity index (χ1n) is 15.5. The average molecular weight is 575 g/mol. The van der Waals surface area contributed by atoms with E-state index in [0.29, 0.717) is 78.2 Å². The molecule has 2 bridgehead atoms. The van der Waals surface area contributed by atoms with Crippen molar-refractivity contribution >= 4 is 17.7 Å². The van der Waals surface area contributed by atoms with Crippen LogP contribution in [0.25, 0.3) is 0 Å². The molecule has 4 rings (SSSR count). The van der Waals surface area contributed by atoms with E-state index in [-0.39, 0.29) is 24.3 Å². The molecule has 1 spiro atoms. The highest BCUT2D eigenvalue weighted by molar-refractivity contribution is 5.99. The van der Waals surface area contributed by atoms with E-state index in [9.17, 15) is 19.5 Å². The van der Waals surface area contributed by atoms with Crippen LogP contribution in [-0.2, 0) is 23.9 Å². The summed E-state index contributed by atoms with van der Waals surface area (Å²) >= 11 is 0. The highest BCUT2D eigenvalue weighted by Crippen LogP contribution is 2.63. The number of unbranched alkanes of at least 4 members (excludes halogenated alkanes) is 2. The number of morpholine rings is 1. The smallest absolute Gasteiger partial charge is 0.248 e. The fraction of sp³-hybridized carbons (Fsp3) is 0.774. The topological polar surface area (TPSA) is 103 Å². The second-order valence-corrected chi connectivity index (χ2v) is 12.1. The third-order valence-corrected chi connectivity index (χ3v) is 9.44. The number of hydrogen-bond donors (Lipinski definition) is 1. The van der Waals surface area contributed by atoms with Crippen molar-refractivity contribution < 1.29 is 29.0 Å². The van der Waals surface area contributed by atoms with Crippen molar-refractivity contribution in [3.05, 3.63) is 25.3 Å². The van der Waals surface area contributed by atoms with Crippen molar-refractivity contribution in [1.82, 2.24) is 19.6 Å². The first-order chi connectivity index (χ1) is 19.8. The zero-order valence-corrected chi connectivity index (χ0v) is 25.1. The highest BCUT2D eigenvalue weighted by atomic mass is 16.5. The van der Waals surface area contributed by atoms with Crippen molar-refractivity contribution in [2.45, 2.75) is 69.6 Å². The van der Waals surface area contributed by atoms with Crippen molar-refractivity contribution in [2.75, 3.05) is 72.2 Å². The zero-order chi connectivity index (χ0) is 29.6. The molecule has 4 fully saturated rings. The van der Waals surface area contributed by atoms with Crippen LogP contribution in [0.4, 0.5) is 0 Å². The molecular weight excluding hydrogens is 524 g/mol. The van der Waals surface area contributed by atoms with Crippen molar-refractivity contribution in [1.29, 1.82) is 0 Å². The van der Waals surface area contributed by atoms with Gasteiger partial charge in [-0.1, -0.05) is 19.1 Å². The van der Waals surface area contributed by atoms with Crippen LogP contribution in [0.3, 0.4) is 0 Å². The first kappa shape index (κ1) is 31.7. The second kappa shape index (κ2) is 13.8. The fourth-order valence-electron chi connectivity index (χ4n) is 7.51. The lowest BCUT2D eigenvalue weighted by Crippen LogP contribution is -2.57. The number of ether oxygens (including phenoxy) is 2. The van der Waals surface area contributed by atoms with Crippen LogP contribution in [-0.4, -0.2) is 132 Å². The number of amides is 3. The molecule has 10 heteroatoms. The van der Waals surface area contributed by atoms with Crippen molar-refractivity contribution in [3.63, 3.8) is 0 Å². The van der Waals surface area contributed by atoms with Gasteiger partial charge >= 0.3 is 0 Å². The third kappa shape index (κ3) is 6.12. The van der Waals surface area contributed by atoms with E-state index < -0.39 is 29.1 Å². The van der Waals surface area contributed by atoms with Gasteiger partial charge in [-0.25, -0.2) is 0 Å². The Morgan fingerprint density at radius 3 is 2.34 bits per heavy atom. The Balaban J connectivity index is 1.66. The predicted octanol–water partition coefficient (Wildman–Crippen LogP) is 1.69. The number of carbonyl (C=O) groups excluding carboxylic acids is 3. The monoisotopic (exact) mass is 574 g/mol. The van der Waals surface area contributed by atoms with Crippen molar-refractivity contribution in [3.8, 4) is 0 Å². The maximum atomic E-state index is 14.5. The summed E-state index contributed by atoms with van der Waals surface area (Å²) in [7, 11) is 0. The standard InChI is InChI=1S/C31H50N4O6/c1-5-13-33(14-6-2)27(37)24-25-28(38)35(16-9-8-10-21-36)26(31(25)12-11-30(24,4)41-31)29(39)34(15-7-3)18-17-32-19-22-40-23-20-32/h5,7,24-26,36H,1,3,6,8-23H2,2,4H3/t24-,25-,26?,30+,31?/m0/s1. The molecule has 230 valence electrons. The molecule has 4 aliphatic rings. The number of aliphatic hydroxyl groups is 1. The normalized spacial score (nSPS) is 30.9. The molecule has 10 nitrogen and oxygen atoms in total. The molecule has 1 N–H and O–H groups in total.